The zero-order valence-corrected chi connectivity index (χ0v) is 23.9. The molecule has 3 aromatic rings. The summed E-state index contributed by atoms with van der Waals surface area (Å²) in [5, 5.41) is 0. The summed E-state index contributed by atoms with van der Waals surface area (Å²) in [5.41, 5.74) is 3.68. The summed E-state index contributed by atoms with van der Waals surface area (Å²) in [6, 6.07) is 16.9. The van der Waals surface area contributed by atoms with Gasteiger partial charge >= 0.3 is 0 Å². The van der Waals surface area contributed by atoms with Crippen LogP contribution in [0, 0.1) is 5.92 Å². The Morgan fingerprint density at radius 2 is 1.52 bits per heavy atom. The average Bonchev–Trinajstić information content (AvgIpc) is 3.68. The van der Waals surface area contributed by atoms with E-state index in [1.54, 1.807) is 35.2 Å². The molecule has 3 amide bonds. The Kier molecular flexibility index (Phi) is 5.99. The summed E-state index contributed by atoms with van der Waals surface area (Å²) < 4.78 is 31.3. The Morgan fingerprint density at radius 1 is 0.875 bits per heavy atom. The number of amides is 3. The molecule has 10 heteroatoms. The van der Waals surface area contributed by atoms with Crippen LogP contribution in [-0.2, 0) is 27.7 Å². The average molecular weight is 621 g/mol. The largest absolute Gasteiger partial charge is 0.310 e. The van der Waals surface area contributed by atoms with Crippen LogP contribution >= 0.6 is 15.9 Å². The second-order valence-corrected chi connectivity index (χ2v) is 13.5. The highest BCUT2D eigenvalue weighted by Gasteiger charge is 2.45. The summed E-state index contributed by atoms with van der Waals surface area (Å²) in [4.78, 5) is 42.6. The molecule has 7 rings (SSSR count). The molecular weight excluding hydrogens is 594 g/mol. The van der Waals surface area contributed by atoms with Crippen LogP contribution in [0.15, 0.2) is 70.0 Å². The van der Waals surface area contributed by atoms with E-state index in [9.17, 15) is 22.8 Å². The van der Waals surface area contributed by atoms with Crippen LogP contribution in [0.5, 0.6) is 0 Å². The molecule has 3 aliphatic heterocycles. The number of halogens is 1. The van der Waals surface area contributed by atoms with E-state index in [1.165, 1.54) is 4.31 Å². The number of hydrogen-bond acceptors (Lipinski definition) is 5. The molecule has 0 spiro atoms. The summed E-state index contributed by atoms with van der Waals surface area (Å²) in [6.45, 7) is 0.527. The summed E-state index contributed by atoms with van der Waals surface area (Å²) in [6.07, 6.45) is 2.73. The van der Waals surface area contributed by atoms with Gasteiger partial charge in [-0.05, 0) is 66.6 Å². The van der Waals surface area contributed by atoms with E-state index < -0.39 is 27.9 Å². The van der Waals surface area contributed by atoms with Gasteiger partial charge in [-0.15, -0.1) is 0 Å². The fourth-order valence-corrected chi connectivity index (χ4v) is 8.76. The topological polar surface area (TPSA) is 95.1 Å². The van der Waals surface area contributed by atoms with Gasteiger partial charge in [-0.3, -0.25) is 19.3 Å². The third-order valence-corrected chi connectivity index (χ3v) is 10.7. The van der Waals surface area contributed by atoms with Gasteiger partial charge in [0.1, 0.15) is 4.90 Å². The number of hydrogen-bond donors (Lipinski definition) is 0. The van der Waals surface area contributed by atoms with Gasteiger partial charge < -0.3 is 4.90 Å². The lowest BCUT2D eigenvalue weighted by Crippen LogP contribution is -2.46. The van der Waals surface area contributed by atoms with Crippen LogP contribution in [0.2, 0.25) is 0 Å². The van der Waals surface area contributed by atoms with Crippen LogP contribution < -0.4 is 4.90 Å². The Morgan fingerprint density at radius 3 is 2.23 bits per heavy atom. The maximum absolute atomic E-state index is 14.6. The lowest BCUT2D eigenvalue weighted by molar-refractivity contribution is -0.119. The molecule has 0 N–H and O–H groups in total. The Bertz CT molecular complexity index is 1680. The second kappa shape index (κ2) is 9.36. The van der Waals surface area contributed by atoms with Crippen LogP contribution in [0.3, 0.4) is 0 Å². The molecule has 0 aromatic heterocycles. The Balaban J connectivity index is 1.32. The number of sulfonamides is 1. The molecule has 8 nitrogen and oxygen atoms in total. The molecule has 1 atom stereocenters. The van der Waals surface area contributed by atoms with Crippen molar-refractivity contribution in [3.05, 3.63) is 93.0 Å². The first kappa shape index (κ1) is 25.6. The van der Waals surface area contributed by atoms with Crippen LogP contribution in [-0.4, -0.2) is 55.0 Å². The van der Waals surface area contributed by atoms with E-state index in [0.29, 0.717) is 40.7 Å². The minimum Gasteiger partial charge on any atom is -0.310 e. The van der Waals surface area contributed by atoms with Crippen molar-refractivity contribution in [2.24, 2.45) is 5.92 Å². The first-order chi connectivity index (χ1) is 19.3. The molecule has 204 valence electrons. The van der Waals surface area contributed by atoms with Crippen molar-refractivity contribution in [2.75, 3.05) is 24.5 Å². The van der Waals surface area contributed by atoms with Crippen molar-refractivity contribution in [1.82, 2.24) is 9.21 Å². The predicted octanol–water partition coefficient (Wildman–Crippen LogP) is 4.33. The number of carbonyl (C=O) groups is 3. The van der Waals surface area contributed by atoms with Gasteiger partial charge in [0.2, 0.25) is 15.9 Å². The number of imide groups is 1. The van der Waals surface area contributed by atoms with Crippen molar-refractivity contribution in [1.29, 1.82) is 0 Å². The van der Waals surface area contributed by atoms with Crippen LogP contribution in [0.4, 0.5) is 5.69 Å². The normalized spacial score (nSPS) is 20.5. The molecule has 1 fully saturated rings. The monoisotopic (exact) mass is 619 g/mol. The minimum absolute atomic E-state index is 0.0240. The highest BCUT2D eigenvalue weighted by atomic mass is 79.9. The molecule has 1 aliphatic carbocycles. The van der Waals surface area contributed by atoms with E-state index in [2.05, 4.69) is 15.9 Å². The highest BCUT2D eigenvalue weighted by Crippen LogP contribution is 2.44. The third kappa shape index (κ3) is 3.95. The first-order valence-electron chi connectivity index (χ1n) is 13.4. The Labute approximate surface area is 240 Å². The standard InChI is InChI=1S/C30H26BrN3O5S/c31-21-15-20-11-13-32(28(35)19-9-10-19)27(20)26(16-21)40(38,39)34-14-12-18-5-1-2-6-22(18)25(34)17-33-29(36)23-7-3-4-8-24(23)30(33)37/h1-8,15-16,19,25H,9-14,17H2/t25-/m0/s1. The molecule has 0 bridgehead atoms. The molecular formula is C30H26BrN3O5S. The van der Waals surface area contributed by atoms with Crippen LogP contribution in [0.25, 0.3) is 0 Å². The van der Waals surface area contributed by atoms with Gasteiger partial charge in [-0.1, -0.05) is 52.3 Å². The molecule has 3 heterocycles. The zero-order valence-electron chi connectivity index (χ0n) is 21.5. The van der Waals surface area contributed by atoms with Gasteiger partial charge in [0.25, 0.3) is 11.8 Å². The maximum Gasteiger partial charge on any atom is 0.261 e. The number of anilines is 1. The molecule has 3 aromatic carbocycles. The molecule has 0 saturated heterocycles. The van der Waals surface area contributed by atoms with E-state index >= 15 is 0 Å². The van der Waals surface area contributed by atoms with E-state index in [0.717, 1.165) is 34.4 Å². The number of rotatable bonds is 5. The fraction of sp³-hybridized carbons (Fsp3) is 0.300. The van der Waals surface area contributed by atoms with E-state index in [4.69, 9.17) is 0 Å². The van der Waals surface area contributed by atoms with E-state index in [1.807, 2.05) is 30.3 Å². The second-order valence-electron chi connectivity index (χ2n) is 10.8. The van der Waals surface area contributed by atoms with Gasteiger partial charge in [-0.25, -0.2) is 8.42 Å². The van der Waals surface area contributed by atoms with Crippen molar-refractivity contribution in [3.63, 3.8) is 0 Å². The third-order valence-electron chi connectivity index (χ3n) is 8.37. The molecule has 40 heavy (non-hydrogen) atoms. The summed E-state index contributed by atoms with van der Waals surface area (Å²) in [5.74, 6) is -0.922. The highest BCUT2D eigenvalue weighted by molar-refractivity contribution is 9.10. The first-order valence-corrected chi connectivity index (χ1v) is 15.7. The maximum atomic E-state index is 14.6. The Hall–Kier alpha value is -3.34. The van der Waals surface area contributed by atoms with Crippen molar-refractivity contribution >= 4 is 49.4 Å². The number of fused-ring (bicyclic) bond motifs is 3. The van der Waals surface area contributed by atoms with Gasteiger partial charge in [-0.2, -0.15) is 4.31 Å². The van der Waals surface area contributed by atoms with Gasteiger partial charge in [0.05, 0.1) is 29.4 Å². The quantitative estimate of drug-likeness (QED) is 0.396. The summed E-state index contributed by atoms with van der Waals surface area (Å²) >= 11 is 3.49. The summed E-state index contributed by atoms with van der Waals surface area (Å²) in [7, 11) is -4.16. The number of nitrogens with zero attached hydrogens (tertiary/aromatic N) is 3. The van der Waals surface area contributed by atoms with Gasteiger partial charge in [0.15, 0.2) is 0 Å². The fourth-order valence-electron chi connectivity index (χ4n) is 6.25. The number of carbonyl (C=O) groups excluding carboxylic acids is 3. The molecule has 0 unspecified atom stereocenters. The molecule has 4 aliphatic rings. The van der Waals surface area contributed by atoms with Crippen LogP contribution in [0.1, 0.15) is 56.3 Å². The molecule has 0 radical (unpaired) electrons. The lowest BCUT2D eigenvalue weighted by atomic mass is 9.94. The van der Waals surface area contributed by atoms with Crippen molar-refractivity contribution in [2.45, 2.75) is 36.6 Å². The van der Waals surface area contributed by atoms with Crippen molar-refractivity contribution in [3.8, 4) is 0 Å². The SMILES string of the molecule is O=C1c2ccccc2C(=O)N1C[C@H]1c2ccccc2CCN1S(=O)(=O)c1cc(Br)cc2c1N(C(=O)C1CC1)CC2. The smallest absolute Gasteiger partial charge is 0.261 e. The van der Waals surface area contributed by atoms with Crippen molar-refractivity contribution < 1.29 is 22.8 Å². The lowest BCUT2D eigenvalue weighted by Gasteiger charge is -2.38. The predicted molar refractivity (Wildman–Crippen MR) is 152 cm³/mol. The number of benzene rings is 3. The van der Waals surface area contributed by atoms with Gasteiger partial charge in [0, 0.05) is 23.5 Å². The minimum atomic E-state index is -4.16. The van der Waals surface area contributed by atoms with E-state index in [-0.39, 0.29) is 29.8 Å². The molecule has 1 saturated carbocycles. The zero-order chi connectivity index (χ0) is 27.8.